The zero-order chi connectivity index (χ0) is 16.4. The summed E-state index contributed by atoms with van der Waals surface area (Å²) in [5.74, 6) is -1.23. The molecule has 0 atom stereocenters. The van der Waals surface area contributed by atoms with Crippen LogP contribution in [0.4, 0.5) is 11.4 Å². The van der Waals surface area contributed by atoms with Crippen LogP contribution in [-0.2, 0) is 20.8 Å². The van der Waals surface area contributed by atoms with E-state index in [1.54, 1.807) is 6.07 Å². The lowest BCUT2D eigenvalue weighted by molar-refractivity contribution is -0.143. The van der Waals surface area contributed by atoms with Crippen molar-refractivity contribution in [1.82, 2.24) is 0 Å². The van der Waals surface area contributed by atoms with Crippen molar-refractivity contribution in [2.75, 3.05) is 10.6 Å². The Bertz CT molecular complexity index is 648. The van der Waals surface area contributed by atoms with Crippen LogP contribution >= 0.6 is 0 Å². The third-order valence-corrected chi connectivity index (χ3v) is 4.72. The second-order valence-electron chi connectivity index (χ2n) is 6.30. The van der Waals surface area contributed by atoms with Gasteiger partial charge < -0.3 is 15.7 Å². The smallest absolute Gasteiger partial charge is 0.306 e. The van der Waals surface area contributed by atoms with E-state index in [1.165, 1.54) is 0 Å². The molecule has 1 aliphatic carbocycles. The third-order valence-electron chi connectivity index (χ3n) is 4.72. The normalized spacial score (nSPS) is 23.6. The van der Waals surface area contributed by atoms with Crippen molar-refractivity contribution in [2.24, 2.45) is 11.8 Å². The van der Waals surface area contributed by atoms with E-state index >= 15 is 0 Å². The maximum absolute atomic E-state index is 12.3. The minimum absolute atomic E-state index is 0.0180. The Kier molecular flexibility index (Phi) is 4.32. The molecule has 6 nitrogen and oxygen atoms in total. The second-order valence-corrected chi connectivity index (χ2v) is 6.30. The fourth-order valence-corrected chi connectivity index (χ4v) is 3.31. The monoisotopic (exact) mass is 316 g/mol. The first kappa shape index (κ1) is 15.5. The molecule has 1 aromatic rings. The molecule has 1 heterocycles. The van der Waals surface area contributed by atoms with E-state index < -0.39 is 5.97 Å². The average Bonchev–Trinajstić information content (AvgIpc) is 2.55. The maximum atomic E-state index is 12.3. The molecule has 3 N–H and O–H groups in total. The average molecular weight is 316 g/mol. The van der Waals surface area contributed by atoms with Crippen LogP contribution in [0.2, 0.25) is 0 Å². The van der Waals surface area contributed by atoms with Crippen LogP contribution in [0, 0.1) is 11.8 Å². The first-order valence-electron chi connectivity index (χ1n) is 7.99. The molecule has 2 amide bonds. The Morgan fingerprint density at radius 1 is 1.09 bits per heavy atom. The number of hydrogen-bond acceptors (Lipinski definition) is 3. The number of anilines is 2. The summed E-state index contributed by atoms with van der Waals surface area (Å²) < 4.78 is 0. The zero-order valence-corrected chi connectivity index (χ0v) is 12.8. The predicted molar refractivity (Wildman–Crippen MR) is 85.1 cm³/mol. The lowest BCUT2D eigenvalue weighted by atomic mass is 9.81. The molecule has 0 bridgehead atoms. The van der Waals surface area contributed by atoms with Gasteiger partial charge in [0.05, 0.1) is 5.92 Å². The van der Waals surface area contributed by atoms with Gasteiger partial charge in [0.25, 0.3) is 0 Å². The van der Waals surface area contributed by atoms with Crippen molar-refractivity contribution < 1.29 is 19.5 Å². The van der Waals surface area contributed by atoms with Crippen LogP contribution in [0.1, 0.15) is 37.7 Å². The number of benzene rings is 1. The maximum Gasteiger partial charge on any atom is 0.306 e. The molecule has 2 aliphatic rings. The summed E-state index contributed by atoms with van der Waals surface area (Å²) in [4.78, 5) is 34.6. The highest BCUT2D eigenvalue weighted by Crippen LogP contribution is 2.31. The minimum Gasteiger partial charge on any atom is -0.481 e. The second kappa shape index (κ2) is 6.40. The SMILES string of the molecule is O=C1CCc2cc(NC(=O)C3CCC(C(=O)O)CC3)ccc2N1. The molecule has 0 unspecified atom stereocenters. The summed E-state index contributed by atoms with van der Waals surface area (Å²) in [6.45, 7) is 0. The van der Waals surface area contributed by atoms with E-state index in [0.29, 0.717) is 38.5 Å². The summed E-state index contributed by atoms with van der Waals surface area (Å²) in [6, 6.07) is 5.49. The topological polar surface area (TPSA) is 95.5 Å². The first-order chi connectivity index (χ1) is 11.0. The lowest BCUT2D eigenvalue weighted by Gasteiger charge is -2.25. The third kappa shape index (κ3) is 3.52. The van der Waals surface area contributed by atoms with Gasteiger partial charge in [0.1, 0.15) is 0 Å². The Labute approximate surface area is 134 Å². The van der Waals surface area contributed by atoms with Gasteiger partial charge in [0.15, 0.2) is 0 Å². The van der Waals surface area contributed by atoms with Gasteiger partial charge in [-0.1, -0.05) is 0 Å². The molecule has 122 valence electrons. The fraction of sp³-hybridized carbons (Fsp3) is 0.471. The Morgan fingerprint density at radius 2 is 1.78 bits per heavy atom. The van der Waals surface area contributed by atoms with Crippen LogP contribution in [0.25, 0.3) is 0 Å². The van der Waals surface area contributed by atoms with Crippen LogP contribution in [0.3, 0.4) is 0 Å². The number of fused-ring (bicyclic) bond motifs is 1. The quantitative estimate of drug-likeness (QED) is 0.798. The molecule has 0 radical (unpaired) electrons. The van der Waals surface area contributed by atoms with Crippen molar-refractivity contribution in [3.05, 3.63) is 23.8 Å². The van der Waals surface area contributed by atoms with Crippen molar-refractivity contribution in [3.8, 4) is 0 Å². The lowest BCUT2D eigenvalue weighted by Crippen LogP contribution is -2.29. The van der Waals surface area contributed by atoms with Gasteiger partial charge in [-0.2, -0.15) is 0 Å². The standard InChI is InChI=1S/C17H20N2O4/c20-15-8-5-12-9-13(6-7-14(12)19-15)18-16(21)10-1-3-11(4-2-10)17(22)23/h6-7,9-11H,1-5,8H2,(H,18,21)(H,19,20)(H,22,23). The van der Waals surface area contributed by atoms with Crippen molar-refractivity contribution in [1.29, 1.82) is 0 Å². The first-order valence-corrected chi connectivity index (χ1v) is 7.99. The molecular weight excluding hydrogens is 296 g/mol. The number of hydrogen-bond donors (Lipinski definition) is 3. The van der Waals surface area contributed by atoms with Gasteiger partial charge >= 0.3 is 5.97 Å². The molecule has 23 heavy (non-hydrogen) atoms. The number of carboxylic acids is 1. The van der Waals surface area contributed by atoms with Gasteiger partial charge in [0.2, 0.25) is 11.8 Å². The Hall–Kier alpha value is -2.37. The molecular formula is C17H20N2O4. The van der Waals surface area contributed by atoms with E-state index in [0.717, 1.165) is 16.9 Å². The highest BCUT2D eigenvalue weighted by atomic mass is 16.4. The Morgan fingerprint density at radius 3 is 2.48 bits per heavy atom. The van der Waals surface area contributed by atoms with Gasteiger partial charge in [0, 0.05) is 23.7 Å². The summed E-state index contributed by atoms with van der Waals surface area (Å²) in [5.41, 5.74) is 2.56. The summed E-state index contributed by atoms with van der Waals surface area (Å²) in [5, 5.41) is 14.7. The molecule has 1 saturated carbocycles. The number of rotatable bonds is 3. The molecule has 1 aromatic carbocycles. The molecule has 1 fully saturated rings. The number of amides is 2. The summed E-state index contributed by atoms with van der Waals surface area (Å²) in [7, 11) is 0. The van der Waals surface area contributed by atoms with E-state index in [2.05, 4.69) is 10.6 Å². The van der Waals surface area contributed by atoms with Gasteiger partial charge in [-0.25, -0.2) is 0 Å². The summed E-state index contributed by atoms with van der Waals surface area (Å²) in [6.07, 6.45) is 3.49. The van der Waals surface area contributed by atoms with Crippen LogP contribution in [0.5, 0.6) is 0 Å². The molecule has 3 rings (SSSR count). The molecule has 0 aromatic heterocycles. The molecule has 0 saturated heterocycles. The van der Waals surface area contributed by atoms with Gasteiger partial charge in [-0.05, 0) is 55.9 Å². The number of aliphatic carboxylic acids is 1. The fourth-order valence-electron chi connectivity index (χ4n) is 3.31. The number of aryl methyl sites for hydroxylation is 1. The number of carbonyl (C=O) groups is 3. The highest BCUT2D eigenvalue weighted by Gasteiger charge is 2.29. The highest BCUT2D eigenvalue weighted by molar-refractivity contribution is 5.96. The number of nitrogens with one attached hydrogen (secondary N) is 2. The van der Waals surface area contributed by atoms with Gasteiger partial charge in [-0.15, -0.1) is 0 Å². The molecule has 0 spiro atoms. The van der Waals surface area contributed by atoms with E-state index in [1.807, 2.05) is 12.1 Å². The largest absolute Gasteiger partial charge is 0.481 e. The van der Waals surface area contributed by atoms with Gasteiger partial charge in [-0.3, -0.25) is 14.4 Å². The zero-order valence-electron chi connectivity index (χ0n) is 12.8. The van der Waals surface area contributed by atoms with Crippen molar-refractivity contribution >= 4 is 29.2 Å². The molecule has 1 aliphatic heterocycles. The van der Waals surface area contributed by atoms with E-state index in [-0.39, 0.29) is 23.7 Å². The summed E-state index contributed by atoms with van der Waals surface area (Å²) >= 11 is 0. The number of carboxylic acid groups (broad SMARTS) is 1. The van der Waals surface area contributed by atoms with Crippen LogP contribution in [0.15, 0.2) is 18.2 Å². The van der Waals surface area contributed by atoms with E-state index in [4.69, 9.17) is 5.11 Å². The predicted octanol–water partition coefficient (Wildman–Crippen LogP) is 2.40. The van der Waals surface area contributed by atoms with E-state index in [9.17, 15) is 14.4 Å². The van der Waals surface area contributed by atoms with Crippen LogP contribution < -0.4 is 10.6 Å². The minimum atomic E-state index is -0.763. The Balaban J connectivity index is 1.60. The number of carbonyl (C=O) groups excluding carboxylic acids is 2. The van der Waals surface area contributed by atoms with Crippen molar-refractivity contribution in [3.63, 3.8) is 0 Å². The van der Waals surface area contributed by atoms with Crippen molar-refractivity contribution in [2.45, 2.75) is 38.5 Å². The molecule has 6 heteroatoms. The van der Waals surface area contributed by atoms with Crippen LogP contribution in [-0.4, -0.2) is 22.9 Å².